The van der Waals surface area contributed by atoms with Crippen LogP contribution in [-0.4, -0.2) is 4.21 Å². The zero-order valence-corrected chi connectivity index (χ0v) is 7.28. The maximum Gasteiger partial charge on any atom is 0.148 e. The lowest BCUT2D eigenvalue weighted by molar-refractivity contribution is 0.691. The van der Waals surface area contributed by atoms with Crippen LogP contribution in [-0.2, 0) is 10.0 Å². The molecule has 9 heavy (non-hydrogen) atoms. The molecule has 0 fully saturated rings. The molecule has 0 amide bonds. The Hall–Kier alpha value is 0.430. The number of hydrogen-bond acceptors (Lipinski definition) is 2. The molecule has 5 heteroatoms. The van der Waals surface area contributed by atoms with Crippen molar-refractivity contribution < 1.29 is 4.21 Å². The molecule has 0 radical (unpaired) electrons. The minimum absolute atomic E-state index is 0.576. The van der Waals surface area contributed by atoms with Gasteiger partial charge in [-0.2, -0.15) is 0 Å². The molecule has 0 aliphatic rings. The predicted octanol–water partition coefficient (Wildman–Crippen LogP) is 2.66. The zero-order valence-electron chi connectivity index (χ0n) is 4.14. The van der Waals surface area contributed by atoms with Crippen LogP contribution in [0, 0.1) is 0 Å². The lowest BCUT2D eigenvalue weighted by Crippen LogP contribution is -1.71. The number of hydrogen-bond donors (Lipinski definition) is 0. The third-order valence-electron chi connectivity index (χ3n) is 0.729. The second-order valence-electron chi connectivity index (χ2n) is 1.31. The van der Waals surface area contributed by atoms with Crippen molar-refractivity contribution in [3.63, 3.8) is 0 Å². The number of thiophene rings is 1. The average Bonchev–Trinajstić information content (AvgIpc) is 2.14. The molecule has 0 N–H and O–H groups in total. The second-order valence-corrected chi connectivity index (χ2v) is 4.61. The SMILES string of the molecule is O=S(Cl)c1csc(Cl)c1. The Balaban J connectivity index is 2.98. The molecule has 1 atom stereocenters. The van der Waals surface area contributed by atoms with Crippen molar-refractivity contribution in [2.75, 3.05) is 0 Å². The van der Waals surface area contributed by atoms with Crippen LogP contribution in [0.3, 0.4) is 0 Å². The first-order valence-electron chi connectivity index (χ1n) is 2.02. The molecule has 50 valence electrons. The molecule has 0 aliphatic carbocycles. The summed E-state index contributed by atoms with van der Waals surface area (Å²) in [6, 6.07) is 1.59. The molecule has 0 saturated heterocycles. The molecule has 0 aromatic carbocycles. The van der Waals surface area contributed by atoms with Gasteiger partial charge in [0.25, 0.3) is 0 Å². The fourth-order valence-corrected chi connectivity index (χ4v) is 2.38. The summed E-state index contributed by atoms with van der Waals surface area (Å²) in [7, 11) is 3.83. The fourth-order valence-electron chi connectivity index (χ4n) is 0.378. The quantitative estimate of drug-likeness (QED) is 0.638. The van der Waals surface area contributed by atoms with Crippen molar-refractivity contribution in [2.24, 2.45) is 0 Å². The summed E-state index contributed by atoms with van der Waals surface area (Å²) >= 11 is 6.85. The maximum atomic E-state index is 10.5. The lowest BCUT2D eigenvalue weighted by atomic mass is 10.7. The minimum Gasteiger partial charge on any atom is -0.237 e. The molecule has 0 spiro atoms. The number of halogens is 2. The Labute approximate surface area is 68.6 Å². The van der Waals surface area contributed by atoms with E-state index in [0.717, 1.165) is 0 Å². The van der Waals surface area contributed by atoms with E-state index in [-0.39, 0.29) is 0 Å². The second kappa shape index (κ2) is 3.01. The first kappa shape index (κ1) is 7.54. The van der Waals surface area contributed by atoms with Crippen molar-refractivity contribution in [3.05, 3.63) is 15.8 Å². The summed E-state index contributed by atoms with van der Waals surface area (Å²) < 4.78 is 11.1. The lowest BCUT2D eigenvalue weighted by Gasteiger charge is -1.79. The molecule has 1 rings (SSSR count). The molecule has 1 aromatic heterocycles. The van der Waals surface area contributed by atoms with Crippen molar-refractivity contribution in [3.8, 4) is 0 Å². The van der Waals surface area contributed by atoms with Gasteiger partial charge in [0, 0.05) is 5.38 Å². The average molecular weight is 201 g/mol. The Morgan fingerprint density at radius 2 is 2.33 bits per heavy atom. The van der Waals surface area contributed by atoms with E-state index in [2.05, 4.69) is 0 Å². The van der Waals surface area contributed by atoms with E-state index in [0.29, 0.717) is 9.23 Å². The van der Waals surface area contributed by atoms with Gasteiger partial charge in [-0.25, -0.2) is 4.21 Å². The predicted molar refractivity (Wildman–Crippen MR) is 41.6 cm³/mol. The molecule has 1 unspecified atom stereocenters. The molecule has 0 bridgehead atoms. The van der Waals surface area contributed by atoms with Gasteiger partial charge in [0.15, 0.2) is 0 Å². The van der Waals surface area contributed by atoms with Gasteiger partial charge in [-0.1, -0.05) is 11.6 Å². The van der Waals surface area contributed by atoms with Crippen LogP contribution in [0.15, 0.2) is 16.3 Å². The number of rotatable bonds is 1. The Bertz CT molecular complexity index is 232. The van der Waals surface area contributed by atoms with Crippen LogP contribution in [0.2, 0.25) is 4.34 Å². The molecule has 0 aliphatic heterocycles. The first-order chi connectivity index (χ1) is 4.20. The van der Waals surface area contributed by atoms with E-state index in [1.54, 1.807) is 11.4 Å². The zero-order chi connectivity index (χ0) is 6.85. The fraction of sp³-hybridized carbons (Fsp3) is 0. The highest BCUT2D eigenvalue weighted by molar-refractivity contribution is 8.08. The summed E-state index contributed by atoms with van der Waals surface area (Å²) in [5.74, 6) is 0. The third kappa shape index (κ3) is 1.93. The highest BCUT2D eigenvalue weighted by Gasteiger charge is 2.01. The normalized spacial score (nSPS) is 13.6. The van der Waals surface area contributed by atoms with Gasteiger partial charge >= 0.3 is 0 Å². The van der Waals surface area contributed by atoms with Crippen molar-refractivity contribution in [2.45, 2.75) is 4.90 Å². The minimum atomic E-state index is -1.41. The van der Waals surface area contributed by atoms with Crippen LogP contribution in [0.1, 0.15) is 0 Å². The van der Waals surface area contributed by atoms with Gasteiger partial charge in [-0.3, -0.25) is 0 Å². The van der Waals surface area contributed by atoms with Crippen LogP contribution in [0.4, 0.5) is 0 Å². The van der Waals surface area contributed by atoms with E-state index >= 15 is 0 Å². The molecular formula is C4H2Cl2OS2. The Kier molecular flexibility index (Phi) is 2.52. The van der Waals surface area contributed by atoms with Crippen molar-refractivity contribution >= 4 is 43.6 Å². The summed E-state index contributed by atoms with van der Waals surface area (Å²) in [5, 5.41) is 1.67. The van der Waals surface area contributed by atoms with Crippen LogP contribution in [0.5, 0.6) is 0 Å². The van der Waals surface area contributed by atoms with Crippen molar-refractivity contribution in [1.82, 2.24) is 0 Å². The summed E-state index contributed by atoms with van der Waals surface area (Å²) in [6.45, 7) is 0. The smallest absolute Gasteiger partial charge is 0.148 e. The van der Waals surface area contributed by atoms with Crippen LogP contribution in [0.25, 0.3) is 0 Å². The van der Waals surface area contributed by atoms with Gasteiger partial charge in [0.1, 0.15) is 10.0 Å². The standard InChI is InChI=1S/C4H2Cl2OS2/c5-4-1-3(2-8-4)9(6)7/h1-2H. The molecule has 0 saturated carbocycles. The summed E-state index contributed by atoms with van der Waals surface area (Å²) in [5.41, 5.74) is 0. The first-order valence-corrected chi connectivity index (χ1v) is 5.25. The van der Waals surface area contributed by atoms with Gasteiger partial charge in [-0.05, 0) is 16.7 Å². The largest absolute Gasteiger partial charge is 0.237 e. The highest BCUT2D eigenvalue weighted by Crippen LogP contribution is 2.23. The highest BCUT2D eigenvalue weighted by atomic mass is 35.7. The van der Waals surface area contributed by atoms with Gasteiger partial charge in [0.05, 0.1) is 9.23 Å². The van der Waals surface area contributed by atoms with E-state index in [4.69, 9.17) is 22.3 Å². The summed E-state index contributed by atoms with van der Waals surface area (Å²) in [6.07, 6.45) is 0. The Morgan fingerprint density at radius 1 is 1.67 bits per heavy atom. The summed E-state index contributed by atoms with van der Waals surface area (Å²) in [4.78, 5) is 0.576. The maximum absolute atomic E-state index is 10.5. The van der Waals surface area contributed by atoms with Gasteiger partial charge in [-0.15, -0.1) is 11.3 Å². The van der Waals surface area contributed by atoms with Gasteiger partial charge in [0.2, 0.25) is 0 Å². The van der Waals surface area contributed by atoms with Crippen molar-refractivity contribution in [1.29, 1.82) is 0 Å². The van der Waals surface area contributed by atoms with E-state index < -0.39 is 10.0 Å². The molecular weight excluding hydrogens is 199 g/mol. The van der Waals surface area contributed by atoms with Crippen LogP contribution >= 0.6 is 33.6 Å². The van der Waals surface area contributed by atoms with E-state index in [1.807, 2.05) is 0 Å². The molecule has 1 heterocycles. The molecule has 1 nitrogen and oxygen atoms in total. The Morgan fingerprint density at radius 3 is 2.56 bits per heavy atom. The van der Waals surface area contributed by atoms with E-state index in [9.17, 15) is 4.21 Å². The third-order valence-corrected chi connectivity index (χ3v) is 3.11. The van der Waals surface area contributed by atoms with E-state index in [1.165, 1.54) is 11.3 Å². The van der Waals surface area contributed by atoms with Crippen LogP contribution < -0.4 is 0 Å². The molecule has 1 aromatic rings. The monoisotopic (exact) mass is 200 g/mol. The topological polar surface area (TPSA) is 17.1 Å². The van der Waals surface area contributed by atoms with Gasteiger partial charge < -0.3 is 0 Å².